The van der Waals surface area contributed by atoms with Crippen molar-refractivity contribution in [3.05, 3.63) is 23.9 Å². The van der Waals surface area contributed by atoms with Gasteiger partial charge in [-0.15, -0.1) is 0 Å². The molecule has 2 N–H and O–H groups in total. The number of hydrogen-bond donors (Lipinski definition) is 2. The second kappa shape index (κ2) is 4.26. The summed E-state index contributed by atoms with van der Waals surface area (Å²) in [5.41, 5.74) is 0.885. The van der Waals surface area contributed by atoms with Crippen molar-refractivity contribution in [2.24, 2.45) is 0 Å². The molecule has 15 heavy (non-hydrogen) atoms. The fourth-order valence-corrected chi connectivity index (χ4v) is 1.72. The Bertz CT molecular complexity index is 452. The number of hydrogen-bond acceptors (Lipinski definition) is 4. The van der Waals surface area contributed by atoms with Crippen LogP contribution in [0.3, 0.4) is 0 Å². The molecule has 0 atom stereocenters. The van der Waals surface area contributed by atoms with Crippen LogP contribution in [0, 0.1) is 6.92 Å². The molecule has 0 aliphatic carbocycles. The first-order valence-corrected chi connectivity index (χ1v) is 5.69. The van der Waals surface area contributed by atoms with E-state index in [1.807, 2.05) is 6.92 Å². The van der Waals surface area contributed by atoms with Gasteiger partial charge in [0.15, 0.2) is 5.75 Å². The van der Waals surface area contributed by atoms with E-state index in [-0.39, 0.29) is 5.82 Å². The zero-order valence-corrected chi connectivity index (χ0v) is 8.78. The fraction of sp³-hybridized carbons (Fsp3) is 0.250. The average molecular weight is 230 g/mol. The molecule has 0 amide bonds. The number of carboxylic acid groups (broad SMARTS) is 1. The van der Waals surface area contributed by atoms with E-state index in [0.29, 0.717) is 0 Å². The smallest absolute Gasteiger partial charge is 0.320 e. The minimum atomic E-state index is -3.86. The molecule has 1 aromatic rings. The van der Waals surface area contributed by atoms with E-state index in [2.05, 4.69) is 9.71 Å². The van der Waals surface area contributed by atoms with Crippen molar-refractivity contribution in [2.75, 3.05) is 10.5 Å². The van der Waals surface area contributed by atoms with Crippen LogP contribution < -0.4 is 4.72 Å². The normalized spacial score (nSPS) is 11.0. The Morgan fingerprint density at radius 2 is 2.20 bits per heavy atom. The lowest BCUT2D eigenvalue weighted by Crippen LogP contribution is -2.22. The van der Waals surface area contributed by atoms with Crippen molar-refractivity contribution >= 4 is 21.8 Å². The van der Waals surface area contributed by atoms with Gasteiger partial charge in [-0.25, -0.2) is 13.4 Å². The second-order valence-corrected chi connectivity index (χ2v) is 4.70. The molecule has 1 rings (SSSR count). The zero-order chi connectivity index (χ0) is 11.5. The standard InChI is InChI=1S/C8H10N2O4S/c1-6-2-3-7(9-4-6)10-15(13,14)5-8(11)12/h2-4H,5H2,1H3,(H,9,10)(H,11,12). The molecular weight excluding hydrogens is 220 g/mol. The van der Waals surface area contributed by atoms with Crippen LogP contribution in [-0.2, 0) is 14.8 Å². The topological polar surface area (TPSA) is 96.4 Å². The van der Waals surface area contributed by atoms with Gasteiger partial charge < -0.3 is 5.11 Å². The Morgan fingerprint density at radius 1 is 1.53 bits per heavy atom. The SMILES string of the molecule is Cc1ccc(NS(=O)(=O)CC(=O)O)nc1. The summed E-state index contributed by atoms with van der Waals surface area (Å²) < 4.78 is 24.4. The van der Waals surface area contributed by atoms with E-state index >= 15 is 0 Å². The van der Waals surface area contributed by atoms with Gasteiger partial charge in [-0.1, -0.05) is 6.07 Å². The summed E-state index contributed by atoms with van der Waals surface area (Å²) in [6, 6.07) is 3.14. The largest absolute Gasteiger partial charge is 0.480 e. The van der Waals surface area contributed by atoms with Crippen LogP contribution in [0.1, 0.15) is 5.56 Å². The molecule has 0 aliphatic rings. The van der Waals surface area contributed by atoms with Crippen molar-refractivity contribution < 1.29 is 18.3 Å². The van der Waals surface area contributed by atoms with Gasteiger partial charge in [0.05, 0.1) is 0 Å². The van der Waals surface area contributed by atoms with Crippen LogP contribution in [0.4, 0.5) is 5.82 Å². The van der Waals surface area contributed by atoms with E-state index in [9.17, 15) is 13.2 Å². The molecule has 0 aromatic carbocycles. The molecule has 1 aromatic heterocycles. The minimum Gasteiger partial charge on any atom is -0.480 e. The Hall–Kier alpha value is -1.63. The van der Waals surface area contributed by atoms with Crippen LogP contribution in [-0.4, -0.2) is 30.2 Å². The Balaban J connectivity index is 2.78. The molecule has 1 heterocycles. The van der Waals surface area contributed by atoms with E-state index in [4.69, 9.17) is 5.11 Å². The van der Waals surface area contributed by atoms with Gasteiger partial charge >= 0.3 is 5.97 Å². The molecular formula is C8H10N2O4S. The predicted molar refractivity (Wildman–Crippen MR) is 54.0 cm³/mol. The molecule has 0 radical (unpaired) electrons. The van der Waals surface area contributed by atoms with Gasteiger partial charge in [-0.3, -0.25) is 9.52 Å². The lowest BCUT2D eigenvalue weighted by Gasteiger charge is -2.04. The number of nitrogens with one attached hydrogen (secondary N) is 1. The van der Waals surface area contributed by atoms with Gasteiger partial charge in [0.2, 0.25) is 10.0 Å². The van der Waals surface area contributed by atoms with Gasteiger partial charge in [0, 0.05) is 6.20 Å². The molecule has 0 spiro atoms. The van der Waals surface area contributed by atoms with Gasteiger partial charge in [0.1, 0.15) is 5.82 Å². The summed E-state index contributed by atoms with van der Waals surface area (Å²) >= 11 is 0. The predicted octanol–water partition coefficient (Wildman–Crippen LogP) is 0.216. The van der Waals surface area contributed by atoms with Gasteiger partial charge in [0.25, 0.3) is 0 Å². The quantitative estimate of drug-likeness (QED) is 0.771. The highest BCUT2D eigenvalue weighted by molar-refractivity contribution is 7.93. The van der Waals surface area contributed by atoms with E-state index in [1.54, 1.807) is 6.07 Å². The number of aromatic nitrogens is 1. The van der Waals surface area contributed by atoms with Crippen molar-refractivity contribution in [3.63, 3.8) is 0 Å². The third-order valence-electron chi connectivity index (χ3n) is 1.48. The molecule has 7 heteroatoms. The van der Waals surface area contributed by atoms with Gasteiger partial charge in [-0.2, -0.15) is 0 Å². The van der Waals surface area contributed by atoms with Crippen molar-refractivity contribution in [2.45, 2.75) is 6.92 Å². The number of nitrogens with zero attached hydrogens (tertiary/aromatic N) is 1. The third kappa shape index (κ3) is 3.94. The van der Waals surface area contributed by atoms with E-state index < -0.39 is 21.7 Å². The summed E-state index contributed by atoms with van der Waals surface area (Å²) in [4.78, 5) is 14.0. The third-order valence-corrected chi connectivity index (χ3v) is 2.63. The molecule has 0 fully saturated rings. The molecule has 0 aliphatic heterocycles. The molecule has 0 unspecified atom stereocenters. The van der Waals surface area contributed by atoms with Crippen molar-refractivity contribution in [1.29, 1.82) is 0 Å². The van der Waals surface area contributed by atoms with E-state index in [0.717, 1.165) is 5.56 Å². The highest BCUT2D eigenvalue weighted by Gasteiger charge is 2.15. The van der Waals surface area contributed by atoms with E-state index in [1.165, 1.54) is 12.3 Å². The molecule has 0 saturated carbocycles. The number of sulfonamides is 1. The number of carboxylic acids is 1. The Kier molecular flexibility index (Phi) is 3.25. The zero-order valence-electron chi connectivity index (χ0n) is 7.97. The summed E-state index contributed by atoms with van der Waals surface area (Å²) in [5.74, 6) is -2.26. The van der Waals surface area contributed by atoms with Crippen molar-refractivity contribution in [1.82, 2.24) is 4.98 Å². The van der Waals surface area contributed by atoms with Crippen LogP contribution in [0.25, 0.3) is 0 Å². The molecule has 82 valence electrons. The fourth-order valence-electron chi connectivity index (χ4n) is 0.886. The van der Waals surface area contributed by atoms with Gasteiger partial charge in [-0.05, 0) is 18.6 Å². The number of aliphatic carboxylic acids is 1. The summed E-state index contributed by atoms with van der Waals surface area (Å²) in [7, 11) is -3.86. The Labute approximate surface area is 87.0 Å². The average Bonchev–Trinajstić information content (AvgIpc) is 2.06. The highest BCUT2D eigenvalue weighted by atomic mass is 32.2. The maximum Gasteiger partial charge on any atom is 0.320 e. The summed E-state index contributed by atoms with van der Waals surface area (Å²) in [5, 5.41) is 8.33. The second-order valence-electron chi connectivity index (χ2n) is 2.98. The Morgan fingerprint density at radius 3 is 2.67 bits per heavy atom. The lowest BCUT2D eigenvalue weighted by molar-refractivity contribution is -0.134. The number of carbonyl (C=O) groups is 1. The van der Waals surface area contributed by atoms with Crippen LogP contribution in [0.15, 0.2) is 18.3 Å². The summed E-state index contributed by atoms with van der Waals surface area (Å²) in [6.07, 6.45) is 1.48. The number of rotatable bonds is 4. The molecule has 6 nitrogen and oxygen atoms in total. The number of aryl methyl sites for hydroxylation is 1. The molecule has 0 bridgehead atoms. The minimum absolute atomic E-state index is 0.113. The lowest BCUT2D eigenvalue weighted by atomic mass is 10.3. The first-order valence-electron chi connectivity index (χ1n) is 4.04. The first kappa shape index (κ1) is 11.4. The number of pyridine rings is 1. The monoisotopic (exact) mass is 230 g/mol. The van der Waals surface area contributed by atoms with Crippen molar-refractivity contribution in [3.8, 4) is 0 Å². The van der Waals surface area contributed by atoms with Crippen LogP contribution in [0.5, 0.6) is 0 Å². The molecule has 0 saturated heterocycles. The van der Waals surface area contributed by atoms with Crippen LogP contribution >= 0.6 is 0 Å². The van der Waals surface area contributed by atoms with Crippen LogP contribution in [0.2, 0.25) is 0 Å². The maximum atomic E-state index is 11.2. The maximum absolute atomic E-state index is 11.2. The summed E-state index contributed by atoms with van der Waals surface area (Å²) in [6.45, 7) is 1.81. The number of anilines is 1. The highest BCUT2D eigenvalue weighted by Crippen LogP contribution is 2.06. The first-order chi connectivity index (χ1) is 6.89.